The topological polar surface area (TPSA) is 84.2 Å². The fourth-order valence-corrected chi connectivity index (χ4v) is 2.23. The largest absolute Gasteiger partial charge is 0.398 e. The number of hydrogen-bond acceptors (Lipinski definition) is 3. The summed E-state index contributed by atoms with van der Waals surface area (Å²) in [5.74, 6) is -1.000. The van der Waals surface area contributed by atoms with Gasteiger partial charge in [-0.05, 0) is 24.1 Å². The number of carbonyl (C=O) groups excluding carboxylic acids is 2. The highest BCUT2D eigenvalue weighted by atomic mass is 16.2. The Bertz CT molecular complexity index is 656. The van der Waals surface area contributed by atoms with Crippen molar-refractivity contribution in [1.29, 1.82) is 0 Å². The second kappa shape index (κ2) is 7.26. The summed E-state index contributed by atoms with van der Waals surface area (Å²) < 4.78 is 0. The molecule has 114 valence electrons. The Hall–Kier alpha value is -2.82. The molecule has 1 unspecified atom stereocenters. The van der Waals surface area contributed by atoms with Crippen molar-refractivity contribution in [3.05, 3.63) is 65.7 Å². The number of nitrogens with two attached hydrogens (primary N) is 1. The molecule has 0 bridgehead atoms. The summed E-state index contributed by atoms with van der Waals surface area (Å²) in [5.41, 5.74) is 12.2. The molecule has 2 rings (SSSR count). The first-order valence-electron chi connectivity index (χ1n) is 7.13. The molecule has 0 spiro atoms. The van der Waals surface area contributed by atoms with Crippen LogP contribution in [0.4, 0.5) is 5.69 Å². The minimum atomic E-state index is -0.436. The Morgan fingerprint density at radius 3 is 2.27 bits per heavy atom. The number of nitrogens with one attached hydrogen (secondary N) is 2. The van der Waals surface area contributed by atoms with Gasteiger partial charge in [0.1, 0.15) is 0 Å². The maximum absolute atomic E-state index is 12.2. The molecule has 0 aliphatic heterocycles. The molecule has 5 nitrogen and oxygen atoms in total. The molecule has 2 aromatic rings. The summed E-state index contributed by atoms with van der Waals surface area (Å²) in [4.78, 5) is 24.2. The van der Waals surface area contributed by atoms with Crippen molar-refractivity contribution in [1.82, 2.24) is 10.9 Å². The normalized spacial score (nSPS) is 11.5. The number of anilines is 1. The van der Waals surface area contributed by atoms with Crippen molar-refractivity contribution in [3.63, 3.8) is 0 Å². The highest BCUT2D eigenvalue weighted by molar-refractivity contribution is 6.00. The Morgan fingerprint density at radius 2 is 1.64 bits per heavy atom. The van der Waals surface area contributed by atoms with Gasteiger partial charge in [0.15, 0.2) is 0 Å². The Morgan fingerprint density at radius 1 is 1.00 bits per heavy atom. The molecular weight excluding hydrogens is 278 g/mol. The number of nitrogen functional groups attached to an aromatic ring is 1. The van der Waals surface area contributed by atoms with E-state index >= 15 is 0 Å². The molecule has 2 aromatic carbocycles. The first-order valence-corrected chi connectivity index (χ1v) is 7.13. The third-order valence-electron chi connectivity index (χ3n) is 3.43. The SMILES string of the molecule is CCC(C(=O)NNC(=O)c1ccccc1N)c1ccccc1. The van der Waals surface area contributed by atoms with Gasteiger partial charge in [-0.2, -0.15) is 0 Å². The van der Waals surface area contributed by atoms with E-state index in [4.69, 9.17) is 5.73 Å². The minimum absolute atomic E-state index is 0.253. The molecule has 0 saturated carbocycles. The van der Waals surface area contributed by atoms with Gasteiger partial charge in [-0.15, -0.1) is 0 Å². The number of hydrazine groups is 1. The summed E-state index contributed by atoms with van der Waals surface area (Å²) in [6.07, 6.45) is 0.638. The maximum Gasteiger partial charge on any atom is 0.271 e. The Labute approximate surface area is 129 Å². The van der Waals surface area contributed by atoms with E-state index in [0.717, 1.165) is 5.56 Å². The van der Waals surface area contributed by atoms with Crippen molar-refractivity contribution in [3.8, 4) is 0 Å². The Balaban J connectivity index is 2.00. The highest BCUT2D eigenvalue weighted by Gasteiger charge is 2.19. The Kier molecular flexibility index (Phi) is 5.14. The van der Waals surface area contributed by atoms with Crippen molar-refractivity contribution in [2.75, 3.05) is 5.73 Å². The van der Waals surface area contributed by atoms with Crippen LogP contribution in [-0.4, -0.2) is 11.8 Å². The predicted octanol–water partition coefficient (Wildman–Crippen LogP) is 2.22. The quantitative estimate of drug-likeness (QED) is 0.597. The zero-order valence-electron chi connectivity index (χ0n) is 12.4. The lowest BCUT2D eigenvalue weighted by atomic mass is 9.96. The zero-order chi connectivity index (χ0) is 15.9. The highest BCUT2D eigenvalue weighted by Crippen LogP contribution is 2.19. The first kappa shape index (κ1) is 15.6. The van der Waals surface area contributed by atoms with E-state index < -0.39 is 5.91 Å². The van der Waals surface area contributed by atoms with Crippen LogP contribution < -0.4 is 16.6 Å². The summed E-state index contributed by atoms with van der Waals surface area (Å²) in [6.45, 7) is 1.92. The van der Waals surface area contributed by atoms with Crippen molar-refractivity contribution >= 4 is 17.5 Å². The fourth-order valence-electron chi connectivity index (χ4n) is 2.23. The van der Waals surface area contributed by atoms with Crippen molar-refractivity contribution < 1.29 is 9.59 Å². The van der Waals surface area contributed by atoms with Crippen LogP contribution in [0, 0.1) is 0 Å². The summed E-state index contributed by atoms with van der Waals surface area (Å²) in [6, 6.07) is 16.1. The van der Waals surface area contributed by atoms with E-state index in [2.05, 4.69) is 10.9 Å². The summed E-state index contributed by atoms with van der Waals surface area (Å²) in [7, 11) is 0. The van der Waals surface area contributed by atoms with E-state index in [0.29, 0.717) is 17.7 Å². The lowest BCUT2D eigenvalue weighted by Gasteiger charge is -2.16. The third kappa shape index (κ3) is 3.63. The number of amides is 2. The third-order valence-corrected chi connectivity index (χ3v) is 3.43. The maximum atomic E-state index is 12.2. The summed E-state index contributed by atoms with van der Waals surface area (Å²) in [5, 5.41) is 0. The second-order valence-corrected chi connectivity index (χ2v) is 4.90. The first-order chi connectivity index (χ1) is 10.6. The van der Waals surface area contributed by atoms with Gasteiger partial charge in [0.2, 0.25) is 5.91 Å². The van der Waals surface area contributed by atoms with Gasteiger partial charge < -0.3 is 5.73 Å². The van der Waals surface area contributed by atoms with Gasteiger partial charge in [-0.1, -0.05) is 49.4 Å². The average molecular weight is 297 g/mol. The number of rotatable bonds is 4. The lowest BCUT2D eigenvalue weighted by molar-refractivity contribution is -0.123. The molecule has 1 atom stereocenters. The fraction of sp³-hybridized carbons (Fsp3) is 0.176. The van der Waals surface area contributed by atoms with Crippen LogP contribution in [0.3, 0.4) is 0 Å². The molecule has 0 fully saturated rings. The van der Waals surface area contributed by atoms with Gasteiger partial charge in [0.05, 0.1) is 11.5 Å². The monoisotopic (exact) mass is 297 g/mol. The molecule has 0 aliphatic rings. The van der Waals surface area contributed by atoms with Crippen LogP contribution in [0.1, 0.15) is 35.2 Å². The number of hydrogen-bond donors (Lipinski definition) is 3. The number of carbonyl (C=O) groups is 2. The second-order valence-electron chi connectivity index (χ2n) is 4.90. The molecule has 0 heterocycles. The molecule has 0 aliphatic carbocycles. The van der Waals surface area contributed by atoms with E-state index in [9.17, 15) is 9.59 Å². The van der Waals surface area contributed by atoms with Crippen molar-refractivity contribution in [2.45, 2.75) is 19.3 Å². The molecule has 5 heteroatoms. The lowest BCUT2D eigenvalue weighted by Crippen LogP contribution is -2.44. The predicted molar refractivity (Wildman–Crippen MR) is 85.9 cm³/mol. The van der Waals surface area contributed by atoms with Crippen LogP contribution in [0.15, 0.2) is 54.6 Å². The molecule has 0 radical (unpaired) electrons. The molecule has 0 saturated heterocycles. The van der Waals surface area contributed by atoms with Gasteiger partial charge >= 0.3 is 0 Å². The van der Waals surface area contributed by atoms with Crippen molar-refractivity contribution in [2.24, 2.45) is 0 Å². The zero-order valence-corrected chi connectivity index (χ0v) is 12.4. The molecular formula is C17H19N3O2. The molecule has 0 aromatic heterocycles. The van der Waals surface area contributed by atoms with E-state index in [1.54, 1.807) is 24.3 Å². The van der Waals surface area contributed by atoms with Crippen LogP contribution in [0.5, 0.6) is 0 Å². The minimum Gasteiger partial charge on any atom is -0.398 e. The van der Waals surface area contributed by atoms with E-state index in [-0.39, 0.29) is 11.8 Å². The van der Waals surface area contributed by atoms with Gasteiger partial charge in [0.25, 0.3) is 5.91 Å². The standard InChI is InChI=1S/C17H19N3O2/c1-2-13(12-8-4-3-5-9-12)16(21)19-20-17(22)14-10-6-7-11-15(14)18/h3-11,13H,2,18H2,1H3,(H,19,21)(H,20,22). The number of benzene rings is 2. The van der Waals surface area contributed by atoms with Gasteiger partial charge in [0, 0.05) is 5.69 Å². The molecule has 22 heavy (non-hydrogen) atoms. The number of para-hydroxylation sites is 1. The van der Waals surface area contributed by atoms with Gasteiger partial charge in [-0.3, -0.25) is 20.4 Å². The smallest absolute Gasteiger partial charge is 0.271 e. The molecule has 2 amide bonds. The summed E-state index contributed by atoms with van der Waals surface area (Å²) >= 11 is 0. The molecule has 4 N–H and O–H groups in total. The van der Waals surface area contributed by atoms with Crippen LogP contribution >= 0.6 is 0 Å². The van der Waals surface area contributed by atoms with E-state index in [1.165, 1.54) is 0 Å². The van der Waals surface area contributed by atoms with Gasteiger partial charge in [-0.25, -0.2) is 0 Å². The van der Waals surface area contributed by atoms with Crippen LogP contribution in [0.2, 0.25) is 0 Å². The van der Waals surface area contributed by atoms with Crippen LogP contribution in [0.25, 0.3) is 0 Å². The van der Waals surface area contributed by atoms with E-state index in [1.807, 2.05) is 37.3 Å². The van der Waals surface area contributed by atoms with Crippen LogP contribution in [-0.2, 0) is 4.79 Å². The average Bonchev–Trinajstić information content (AvgIpc) is 2.55.